The summed E-state index contributed by atoms with van der Waals surface area (Å²) in [5.74, 6) is 1.11. The van der Waals surface area contributed by atoms with Gasteiger partial charge in [0.2, 0.25) is 0 Å². The van der Waals surface area contributed by atoms with Gasteiger partial charge in [0, 0.05) is 34.5 Å². The molecule has 4 nitrogen and oxygen atoms in total. The summed E-state index contributed by atoms with van der Waals surface area (Å²) in [6.07, 6.45) is 9.29. The fourth-order valence-electron chi connectivity index (χ4n) is 5.87. The number of hydrogen-bond donors (Lipinski definition) is 1. The van der Waals surface area contributed by atoms with Crippen molar-refractivity contribution in [3.8, 4) is 0 Å². The number of hydrogen-bond acceptors (Lipinski definition) is 5. The van der Waals surface area contributed by atoms with Crippen molar-refractivity contribution < 1.29 is 0 Å². The molecule has 3 unspecified atom stereocenters. The Morgan fingerprint density at radius 3 is 2.65 bits per heavy atom. The zero-order valence-corrected chi connectivity index (χ0v) is 19.2. The molecule has 1 N–H and O–H groups in total. The fourth-order valence-corrected chi connectivity index (χ4v) is 6.92. The van der Waals surface area contributed by atoms with Crippen LogP contribution >= 0.6 is 11.8 Å². The molecule has 5 heteroatoms. The molecule has 0 bridgehead atoms. The van der Waals surface area contributed by atoms with Crippen LogP contribution in [0.25, 0.3) is 0 Å². The van der Waals surface area contributed by atoms with Crippen molar-refractivity contribution in [1.82, 2.24) is 10.2 Å². The van der Waals surface area contributed by atoms with Gasteiger partial charge in [0.25, 0.3) is 0 Å². The first-order valence-corrected chi connectivity index (χ1v) is 12.9. The van der Waals surface area contributed by atoms with E-state index >= 15 is 0 Å². The predicted molar refractivity (Wildman–Crippen MR) is 130 cm³/mol. The molecule has 3 atom stereocenters. The highest BCUT2D eigenvalue weighted by molar-refractivity contribution is 7.99. The number of nitrogens with zero attached hydrogens (tertiary/aromatic N) is 3. The Labute approximate surface area is 190 Å². The monoisotopic (exact) mass is 432 g/mol. The topological polar surface area (TPSA) is 30.9 Å². The largest absolute Gasteiger partial charge is 0.365 e. The number of nitrogens with one attached hydrogen (secondary N) is 1. The lowest BCUT2D eigenvalue weighted by molar-refractivity contribution is 0.239. The number of anilines is 2. The molecule has 0 spiro atoms. The highest BCUT2D eigenvalue weighted by Crippen LogP contribution is 2.50. The first-order chi connectivity index (χ1) is 15.3. The third-order valence-corrected chi connectivity index (χ3v) is 8.54. The van der Waals surface area contributed by atoms with Crippen molar-refractivity contribution in [1.29, 1.82) is 0 Å². The van der Waals surface area contributed by atoms with Gasteiger partial charge in [-0.1, -0.05) is 49.7 Å². The van der Waals surface area contributed by atoms with Crippen LogP contribution in [0.15, 0.2) is 57.2 Å². The van der Waals surface area contributed by atoms with Crippen molar-refractivity contribution >= 4 is 29.0 Å². The molecule has 1 saturated heterocycles. The molecule has 2 aromatic carbocycles. The summed E-state index contributed by atoms with van der Waals surface area (Å²) in [6.45, 7) is 4.75. The Bertz CT molecular complexity index is 997. The number of aliphatic imine (C=N–C) groups is 1. The number of benzene rings is 2. The third-order valence-electron chi connectivity index (χ3n) is 7.41. The van der Waals surface area contributed by atoms with E-state index < -0.39 is 0 Å². The molecule has 2 fully saturated rings. The zero-order chi connectivity index (χ0) is 20.8. The van der Waals surface area contributed by atoms with Gasteiger partial charge in [-0.15, -0.1) is 0 Å². The molecule has 6 rings (SSSR count). The van der Waals surface area contributed by atoms with Gasteiger partial charge in [-0.05, 0) is 56.4 Å². The van der Waals surface area contributed by atoms with Crippen LogP contribution in [0.1, 0.15) is 57.4 Å². The molecule has 0 amide bonds. The van der Waals surface area contributed by atoms with Crippen LogP contribution in [0.5, 0.6) is 0 Å². The fraction of sp³-hybridized carbons (Fsp3) is 0.500. The smallest absolute Gasteiger partial charge is 0.128 e. The van der Waals surface area contributed by atoms with Crippen LogP contribution in [-0.2, 0) is 0 Å². The highest BCUT2D eigenvalue weighted by atomic mass is 32.2. The van der Waals surface area contributed by atoms with Gasteiger partial charge in [-0.3, -0.25) is 9.89 Å². The summed E-state index contributed by atoms with van der Waals surface area (Å²) < 4.78 is 0. The zero-order valence-electron chi connectivity index (χ0n) is 18.4. The van der Waals surface area contributed by atoms with Crippen LogP contribution < -0.4 is 10.2 Å². The van der Waals surface area contributed by atoms with Crippen molar-refractivity contribution in [3.05, 3.63) is 48.0 Å². The van der Waals surface area contributed by atoms with Gasteiger partial charge in [-0.2, -0.15) is 0 Å². The Morgan fingerprint density at radius 1 is 1.00 bits per heavy atom. The van der Waals surface area contributed by atoms with Crippen LogP contribution in [0.4, 0.5) is 11.4 Å². The summed E-state index contributed by atoms with van der Waals surface area (Å²) in [5.41, 5.74) is 3.94. The molecule has 1 saturated carbocycles. The Balaban J connectivity index is 1.41. The molecule has 2 aromatic rings. The lowest BCUT2D eigenvalue weighted by atomic mass is 9.92. The van der Waals surface area contributed by atoms with Crippen LogP contribution in [-0.4, -0.2) is 42.1 Å². The summed E-state index contributed by atoms with van der Waals surface area (Å²) in [6, 6.07) is 16.9. The molecule has 31 heavy (non-hydrogen) atoms. The Hall–Kier alpha value is -1.98. The lowest BCUT2D eigenvalue weighted by Crippen LogP contribution is -2.45. The maximum absolute atomic E-state index is 5.11. The van der Waals surface area contributed by atoms with Gasteiger partial charge in [0.15, 0.2) is 0 Å². The maximum atomic E-state index is 5.11. The van der Waals surface area contributed by atoms with E-state index in [0.717, 1.165) is 12.3 Å². The van der Waals surface area contributed by atoms with E-state index in [2.05, 4.69) is 64.5 Å². The summed E-state index contributed by atoms with van der Waals surface area (Å²) >= 11 is 1.91. The first-order valence-electron chi connectivity index (χ1n) is 12.1. The van der Waals surface area contributed by atoms with Crippen molar-refractivity contribution in [2.75, 3.05) is 18.0 Å². The molecule has 162 valence electrons. The van der Waals surface area contributed by atoms with E-state index in [1.807, 2.05) is 11.8 Å². The molecule has 3 heterocycles. The molecule has 4 aliphatic rings. The van der Waals surface area contributed by atoms with E-state index in [9.17, 15) is 0 Å². The van der Waals surface area contributed by atoms with Gasteiger partial charge >= 0.3 is 0 Å². The highest BCUT2D eigenvalue weighted by Gasteiger charge is 2.35. The number of para-hydroxylation sites is 1. The standard InChI is InChI=1S/C26H32N4S/c1-2-25(29-15-7-8-16-29)30-21-11-5-6-12-23(21)31-24-14-13-18(17-22(24)30)26-27-19-9-3-4-10-20(19)28-26/h5-6,11-14,17,19-20,25H,2-4,7-10,15-16H2,1H3,(H,27,28). The van der Waals surface area contributed by atoms with Gasteiger partial charge in [0.05, 0.1) is 23.6 Å². The van der Waals surface area contributed by atoms with Crippen LogP contribution in [0.3, 0.4) is 0 Å². The number of rotatable bonds is 4. The molecule has 0 aromatic heterocycles. The third kappa shape index (κ3) is 3.46. The van der Waals surface area contributed by atoms with Gasteiger partial charge in [0.1, 0.15) is 5.84 Å². The van der Waals surface area contributed by atoms with Crippen LogP contribution in [0.2, 0.25) is 0 Å². The average molecular weight is 433 g/mol. The van der Waals surface area contributed by atoms with Crippen molar-refractivity contribution in [2.24, 2.45) is 4.99 Å². The van der Waals surface area contributed by atoms with E-state index in [1.54, 1.807) is 0 Å². The minimum absolute atomic E-state index is 0.402. The normalized spacial score (nSPS) is 26.0. The molecular formula is C26H32N4S. The van der Waals surface area contributed by atoms with E-state index in [0.29, 0.717) is 18.2 Å². The lowest BCUT2D eigenvalue weighted by Gasteiger charge is -2.42. The minimum Gasteiger partial charge on any atom is -0.365 e. The second kappa shape index (κ2) is 8.18. The van der Waals surface area contributed by atoms with Gasteiger partial charge < -0.3 is 10.2 Å². The Morgan fingerprint density at radius 2 is 1.81 bits per heavy atom. The van der Waals surface area contributed by atoms with E-state index in [-0.39, 0.29) is 0 Å². The predicted octanol–water partition coefficient (Wildman–Crippen LogP) is 5.78. The second-order valence-electron chi connectivity index (χ2n) is 9.33. The SMILES string of the molecule is CCC(N1CCCC1)N1c2ccccc2Sc2ccc(C3=NC4CCCCC4N3)cc21. The first kappa shape index (κ1) is 19.7. The van der Waals surface area contributed by atoms with Crippen LogP contribution in [0, 0.1) is 0 Å². The van der Waals surface area contributed by atoms with Crippen molar-refractivity contribution in [3.63, 3.8) is 0 Å². The quantitative estimate of drug-likeness (QED) is 0.663. The van der Waals surface area contributed by atoms with E-state index in [1.165, 1.54) is 78.3 Å². The number of amidine groups is 1. The maximum Gasteiger partial charge on any atom is 0.128 e. The summed E-state index contributed by atoms with van der Waals surface area (Å²) in [4.78, 5) is 13.1. The summed E-state index contributed by atoms with van der Waals surface area (Å²) in [7, 11) is 0. The van der Waals surface area contributed by atoms with Crippen molar-refractivity contribution in [2.45, 2.75) is 79.9 Å². The molecular weight excluding hydrogens is 400 g/mol. The summed E-state index contributed by atoms with van der Waals surface area (Å²) in [5, 5.41) is 3.76. The number of fused-ring (bicyclic) bond motifs is 3. The average Bonchev–Trinajstić information content (AvgIpc) is 3.49. The minimum atomic E-state index is 0.402. The Kier molecular flexibility index (Phi) is 5.19. The van der Waals surface area contributed by atoms with Gasteiger partial charge in [-0.25, -0.2) is 0 Å². The molecule has 3 aliphatic heterocycles. The van der Waals surface area contributed by atoms with E-state index in [4.69, 9.17) is 4.99 Å². The molecule has 1 aliphatic carbocycles. The molecule has 0 radical (unpaired) electrons. The second-order valence-corrected chi connectivity index (χ2v) is 10.4. The number of likely N-dealkylation sites (tertiary alicyclic amines) is 1.